The molecule has 0 aromatic rings. The summed E-state index contributed by atoms with van der Waals surface area (Å²) in [5, 5.41) is 5.46. The largest absolute Gasteiger partial charge is 0.460 e. The molecule has 0 fully saturated rings. The number of rotatable bonds is 47. The molecule has 1 heterocycles. The van der Waals surface area contributed by atoms with Gasteiger partial charge < -0.3 is 72.2 Å². The molecule has 0 aliphatic carbocycles. The molecule has 0 saturated heterocycles. The highest BCUT2D eigenvalue weighted by Crippen LogP contribution is 2.11. The Balaban J connectivity index is 1.93. The van der Waals surface area contributed by atoms with E-state index < -0.39 is 23.5 Å². The van der Waals surface area contributed by atoms with Crippen LogP contribution >= 0.6 is 0 Å². The van der Waals surface area contributed by atoms with Crippen molar-refractivity contribution in [3.8, 4) is 0 Å². The zero-order valence-electron chi connectivity index (χ0n) is 39.4. The lowest BCUT2D eigenvalue weighted by Gasteiger charge is -2.21. The van der Waals surface area contributed by atoms with Crippen molar-refractivity contribution in [2.75, 3.05) is 172 Å². The first-order valence-electron chi connectivity index (χ1n) is 22.7. The van der Waals surface area contributed by atoms with E-state index in [-0.39, 0.29) is 56.7 Å². The fourth-order valence-electron chi connectivity index (χ4n) is 5.39. The number of carbonyl (C=O) groups is 5. The summed E-state index contributed by atoms with van der Waals surface area (Å²) in [5.41, 5.74) is -0.678. The van der Waals surface area contributed by atoms with Crippen molar-refractivity contribution in [2.45, 2.75) is 70.9 Å². The van der Waals surface area contributed by atoms with Crippen LogP contribution < -0.4 is 10.6 Å². The van der Waals surface area contributed by atoms with Crippen molar-refractivity contribution < 1.29 is 85.6 Å². The quantitative estimate of drug-likeness (QED) is 0.0493. The molecule has 1 atom stereocenters. The maximum Gasteiger partial charge on any atom is 0.306 e. The monoisotopic (exact) mass is 938 g/mol. The Morgan fingerprint density at radius 3 is 1.26 bits per heavy atom. The minimum absolute atomic E-state index is 0.0561. The Hall–Kier alpha value is -3.19. The number of nitrogens with one attached hydrogen (secondary N) is 2. The van der Waals surface area contributed by atoms with E-state index in [1.807, 2.05) is 0 Å². The minimum atomic E-state index is -0.943. The van der Waals surface area contributed by atoms with Crippen LogP contribution in [-0.2, 0) is 85.6 Å². The molecule has 0 unspecified atom stereocenters. The fraction of sp³-hybridized carbons (Fsp3) is 0.841. The summed E-state index contributed by atoms with van der Waals surface area (Å²) in [7, 11) is 1.64. The molecule has 1 aliphatic rings. The first-order chi connectivity index (χ1) is 31.5. The molecule has 0 saturated carbocycles. The van der Waals surface area contributed by atoms with Gasteiger partial charge in [0.05, 0.1) is 152 Å². The van der Waals surface area contributed by atoms with E-state index in [0.717, 1.165) is 4.90 Å². The second kappa shape index (κ2) is 42.2. The third kappa shape index (κ3) is 38.6. The van der Waals surface area contributed by atoms with Crippen LogP contribution in [0.5, 0.6) is 0 Å². The second-order valence-corrected chi connectivity index (χ2v) is 15.2. The van der Waals surface area contributed by atoms with Gasteiger partial charge >= 0.3 is 5.97 Å². The molecule has 1 rings (SSSR count). The number of hydrogen-bond donors (Lipinski definition) is 2. The summed E-state index contributed by atoms with van der Waals surface area (Å²) in [5.74, 6) is -1.93. The highest BCUT2D eigenvalue weighted by molar-refractivity contribution is 6.12. The number of esters is 1. The maximum absolute atomic E-state index is 13.0. The summed E-state index contributed by atoms with van der Waals surface area (Å²) in [6.45, 7) is 16.2. The van der Waals surface area contributed by atoms with Crippen LogP contribution in [0.1, 0.15) is 59.3 Å². The molecular weight excluding hydrogens is 858 g/mol. The number of carbonyl (C=O) groups excluding carboxylic acids is 5. The predicted molar refractivity (Wildman–Crippen MR) is 235 cm³/mol. The third-order valence-corrected chi connectivity index (χ3v) is 8.59. The van der Waals surface area contributed by atoms with E-state index in [9.17, 15) is 24.0 Å². The van der Waals surface area contributed by atoms with E-state index in [4.69, 9.17) is 61.6 Å². The third-order valence-electron chi connectivity index (χ3n) is 8.59. The van der Waals surface area contributed by atoms with Crippen molar-refractivity contribution in [1.82, 2.24) is 15.5 Å². The van der Waals surface area contributed by atoms with Crippen molar-refractivity contribution in [3.05, 3.63) is 12.2 Å². The first-order valence-corrected chi connectivity index (χ1v) is 22.7. The van der Waals surface area contributed by atoms with Crippen LogP contribution in [0.15, 0.2) is 12.2 Å². The molecule has 0 aromatic carbocycles. The second-order valence-electron chi connectivity index (χ2n) is 15.2. The van der Waals surface area contributed by atoms with Gasteiger partial charge in [-0.2, -0.15) is 0 Å². The highest BCUT2D eigenvalue weighted by atomic mass is 16.6. The van der Waals surface area contributed by atoms with Gasteiger partial charge in [-0.25, -0.2) is 0 Å². The number of hydrogen-bond acceptors (Lipinski definition) is 18. The van der Waals surface area contributed by atoms with Crippen LogP contribution in [-0.4, -0.2) is 218 Å². The number of imide groups is 1. The van der Waals surface area contributed by atoms with Crippen LogP contribution in [0.25, 0.3) is 0 Å². The van der Waals surface area contributed by atoms with Gasteiger partial charge in [0, 0.05) is 45.2 Å². The predicted octanol–water partition coefficient (Wildman–Crippen LogP) is 1.02. The number of nitrogens with zero attached hydrogens (tertiary/aromatic N) is 1. The Bertz CT molecular complexity index is 1240. The molecule has 2 N–H and O–H groups in total. The van der Waals surface area contributed by atoms with Gasteiger partial charge in [-0.15, -0.1) is 0 Å². The zero-order chi connectivity index (χ0) is 47.5. The average molecular weight is 938 g/mol. The fourth-order valence-corrected chi connectivity index (χ4v) is 5.39. The summed E-state index contributed by atoms with van der Waals surface area (Å²) < 4.78 is 70.4. The standard InChI is InChI=1S/C44H79N3O18/c1-44(2,3)65-42(51)12-9-38(46-39(48)8-6-5-7-14-47-40(49)10-11-41(47)50)43(52)45-13-15-54-18-19-56-22-23-58-26-27-60-30-31-62-34-35-64-37-36-63-33-32-61-29-28-59-25-24-57-21-20-55-17-16-53-4/h10-11,38H,5-9,12-37H2,1-4H3,(H,45,52)(H,46,48)/t38-/m0/s1. The highest BCUT2D eigenvalue weighted by Gasteiger charge is 2.25. The van der Waals surface area contributed by atoms with Crippen molar-refractivity contribution in [3.63, 3.8) is 0 Å². The van der Waals surface area contributed by atoms with Crippen LogP contribution in [0, 0.1) is 0 Å². The lowest BCUT2D eigenvalue weighted by Crippen LogP contribution is -2.47. The normalized spacial score (nSPS) is 13.2. The lowest BCUT2D eigenvalue weighted by atomic mass is 10.1. The van der Waals surface area contributed by atoms with E-state index in [2.05, 4.69) is 10.6 Å². The molecule has 0 aromatic heterocycles. The molecule has 0 bridgehead atoms. The van der Waals surface area contributed by atoms with Gasteiger partial charge in [-0.3, -0.25) is 28.9 Å². The molecule has 378 valence electrons. The number of unbranched alkanes of at least 4 members (excludes halogenated alkanes) is 2. The Morgan fingerprint density at radius 2 is 0.892 bits per heavy atom. The summed E-state index contributed by atoms with van der Waals surface area (Å²) in [6, 6.07) is -0.943. The molecule has 0 spiro atoms. The van der Waals surface area contributed by atoms with Gasteiger partial charge in [-0.05, 0) is 40.0 Å². The van der Waals surface area contributed by atoms with E-state index >= 15 is 0 Å². The molecule has 4 amide bonds. The van der Waals surface area contributed by atoms with Crippen molar-refractivity contribution in [1.29, 1.82) is 0 Å². The molecule has 21 heteroatoms. The Morgan fingerprint density at radius 1 is 0.523 bits per heavy atom. The molecule has 21 nitrogen and oxygen atoms in total. The van der Waals surface area contributed by atoms with Crippen LogP contribution in [0.2, 0.25) is 0 Å². The van der Waals surface area contributed by atoms with Gasteiger partial charge in [0.15, 0.2) is 0 Å². The zero-order valence-corrected chi connectivity index (χ0v) is 39.4. The van der Waals surface area contributed by atoms with Crippen molar-refractivity contribution >= 4 is 29.6 Å². The van der Waals surface area contributed by atoms with E-state index in [0.29, 0.717) is 165 Å². The number of methoxy groups -OCH3 is 1. The van der Waals surface area contributed by atoms with Crippen LogP contribution in [0.4, 0.5) is 0 Å². The van der Waals surface area contributed by atoms with E-state index in [1.54, 1.807) is 27.9 Å². The molecule has 0 radical (unpaired) electrons. The molecule has 1 aliphatic heterocycles. The molecular formula is C44H79N3O18. The van der Waals surface area contributed by atoms with Crippen LogP contribution in [0.3, 0.4) is 0 Å². The Labute approximate surface area is 385 Å². The summed E-state index contributed by atoms with van der Waals surface area (Å²) >= 11 is 0. The number of amides is 4. The lowest BCUT2D eigenvalue weighted by molar-refractivity contribution is -0.155. The van der Waals surface area contributed by atoms with Gasteiger partial charge in [0.1, 0.15) is 11.6 Å². The average Bonchev–Trinajstić information content (AvgIpc) is 3.59. The van der Waals surface area contributed by atoms with Gasteiger partial charge in [-0.1, -0.05) is 6.42 Å². The topological polar surface area (TPSA) is 233 Å². The SMILES string of the molecule is COCCOCCOCCOCCOCCOCCOCCOCCOCCOCCOCCOCCNC(=O)[C@H](CCC(=O)OC(C)(C)C)NC(=O)CCCCCN1C(=O)C=CC1=O. The summed E-state index contributed by atoms with van der Waals surface area (Å²) in [6.07, 6.45) is 4.30. The summed E-state index contributed by atoms with van der Waals surface area (Å²) in [4.78, 5) is 62.5. The van der Waals surface area contributed by atoms with Gasteiger partial charge in [0.25, 0.3) is 11.8 Å². The Kier molecular flexibility index (Phi) is 38.8. The first kappa shape index (κ1) is 59.8. The smallest absolute Gasteiger partial charge is 0.306 e. The van der Waals surface area contributed by atoms with E-state index in [1.165, 1.54) is 12.2 Å². The minimum Gasteiger partial charge on any atom is -0.460 e. The maximum atomic E-state index is 13.0. The van der Waals surface area contributed by atoms with Crippen molar-refractivity contribution in [2.24, 2.45) is 0 Å². The van der Waals surface area contributed by atoms with Gasteiger partial charge in [0.2, 0.25) is 11.8 Å². The molecule has 65 heavy (non-hydrogen) atoms. The number of ether oxygens (including phenoxy) is 13.